The minimum atomic E-state index is -0.262. The Morgan fingerprint density at radius 3 is 2.38 bits per heavy atom. The predicted molar refractivity (Wildman–Crippen MR) is 95.9 cm³/mol. The van der Waals surface area contributed by atoms with E-state index in [4.69, 9.17) is 0 Å². The van der Waals surface area contributed by atoms with Gasteiger partial charge in [0, 0.05) is 20.0 Å². The molecule has 110 valence electrons. The molecule has 1 heterocycles. The number of benzene rings is 1. The molecule has 0 aliphatic carbocycles. The summed E-state index contributed by atoms with van der Waals surface area (Å²) in [4.78, 5) is 16.4. The number of anilines is 2. The van der Waals surface area contributed by atoms with Crippen LogP contribution in [0.2, 0.25) is 0 Å². The van der Waals surface area contributed by atoms with Gasteiger partial charge in [0.05, 0.1) is 17.6 Å². The number of nitrogens with one attached hydrogen (secondary N) is 2. The molecule has 0 aliphatic rings. The number of halogens is 3. The van der Waals surface area contributed by atoms with Crippen LogP contribution < -0.4 is 10.6 Å². The normalized spacial score (nSPS) is 10.3. The molecule has 2 N–H and O–H groups in total. The Balaban J connectivity index is 2.18. The molecule has 0 bridgehead atoms. The van der Waals surface area contributed by atoms with E-state index in [9.17, 15) is 4.79 Å². The van der Waals surface area contributed by atoms with Gasteiger partial charge in [0.2, 0.25) is 0 Å². The molecule has 7 heteroatoms. The van der Waals surface area contributed by atoms with Crippen molar-refractivity contribution >= 4 is 65.1 Å². The van der Waals surface area contributed by atoms with Gasteiger partial charge in [-0.2, -0.15) is 0 Å². The standard InChI is InChI=1S/C14H12Br3N3O/c1-2-18-9-3-4-12(19-7-9)14(21)20-13-10(16)5-8(15)6-11(13)17/h3-7,18H,2H2,1H3,(H,20,21). The molecule has 1 aromatic carbocycles. The molecular formula is C14H12Br3N3O. The molecule has 0 saturated heterocycles. The maximum atomic E-state index is 12.2. The van der Waals surface area contributed by atoms with Crippen LogP contribution in [0.15, 0.2) is 43.9 Å². The zero-order chi connectivity index (χ0) is 15.4. The van der Waals surface area contributed by atoms with Crippen LogP contribution >= 0.6 is 47.8 Å². The van der Waals surface area contributed by atoms with E-state index in [2.05, 4.69) is 63.4 Å². The van der Waals surface area contributed by atoms with Crippen LogP contribution in [0, 0.1) is 0 Å². The molecule has 1 aromatic heterocycles. The van der Waals surface area contributed by atoms with Gasteiger partial charge < -0.3 is 10.6 Å². The number of rotatable bonds is 4. The summed E-state index contributed by atoms with van der Waals surface area (Å²) in [5.74, 6) is -0.262. The van der Waals surface area contributed by atoms with Crippen LogP contribution in [0.25, 0.3) is 0 Å². The van der Waals surface area contributed by atoms with Crippen molar-refractivity contribution in [2.75, 3.05) is 17.2 Å². The molecule has 0 unspecified atom stereocenters. The van der Waals surface area contributed by atoms with Crippen molar-refractivity contribution in [2.24, 2.45) is 0 Å². The van der Waals surface area contributed by atoms with Gasteiger partial charge in [-0.1, -0.05) is 15.9 Å². The first-order valence-electron chi connectivity index (χ1n) is 6.17. The Labute approximate surface area is 148 Å². The number of carbonyl (C=O) groups is 1. The van der Waals surface area contributed by atoms with Crippen molar-refractivity contribution in [3.05, 3.63) is 49.6 Å². The molecule has 0 aliphatic heterocycles. The highest BCUT2D eigenvalue weighted by atomic mass is 79.9. The van der Waals surface area contributed by atoms with E-state index in [1.807, 2.05) is 25.1 Å². The average molecular weight is 478 g/mol. The number of pyridine rings is 1. The highest BCUT2D eigenvalue weighted by Crippen LogP contribution is 2.34. The van der Waals surface area contributed by atoms with Gasteiger partial charge in [-0.3, -0.25) is 4.79 Å². The van der Waals surface area contributed by atoms with Gasteiger partial charge in [0.25, 0.3) is 5.91 Å². The maximum Gasteiger partial charge on any atom is 0.274 e. The van der Waals surface area contributed by atoms with Gasteiger partial charge in [0.1, 0.15) is 5.69 Å². The number of amides is 1. The van der Waals surface area contributed by atoms with Crippen LogP contribution in [-0.4, -0.2) is 17.4 Å². The molecular weight excluding hydrogens is 466 g/mol. The van der Waals surface area contributed by atoms with Crippen molar-refractivity contribution < 1.29 is 4.79 Å². The quantitative estimate of drug-likeness (QED) is 0.647. The lowest BCUT2D eigenvalue weighted by molar-refractivity contribution is 0.102. The average Bonchev–Trinajstić information content (AvgIpc) is 2.43. The fourth-order valence-electron chi connectivity index (χ4n) is 1.68. The van der Waals surface area contributed by atoms with E-state index < -0.39 is 0 Å². The first-order valence-corrected chi connectivity index (χ1v) is 8.55. The van der Waals surface area contributed by atoms with Gasteiger partial charge in [0.15, 0.2) is 0 Å². The molecule has 0 spiro atoms. The number of carbonyl (C=O) groups excluding carboxylic acids is 1. The summed E-state index contributed by atoms with van der Waals surface area (Å²) in [5.41, 5.74) is 1.92. The summed E-state index contributed by atoms with van der Waals surface area (Å²) < 4.78 is 2.47. The summed E-state index contributed by atoms with van der Waals surface area (Å²) in [6.45, 7) is 2.81. The second-order valence-electron chi connectivity index (χ2n) is 4.16. The van der Waals surface area contributed by atoms with Crippen LogP contribution in [0.4, 0.5) is 11.4 Å². The third-order valence-electron chi connectivity index (χ3n) is 2.62. The fourth-order valence-corrected chi connectivity index (χ4v) is 4.13. The summed E-state index contributed by atoms with van der Waals surface area (Å²) >= 11 is 10.2. The van der Waals surface area contributed by atoms with Crippen LogP contribution in [0.3, 0.4) is 0 Å². The van der Waals surface area contributed by atoms with Crippen LogP contribution in [-0.2, 0) is 0 Å². The third-order valence-corrected chi connectivity index (χ3v) is 4.33. The zero-order valence-corrected chi connectivity index (χ0v) is 15.8. The minimum absolute atomic E-state index is 0.262. The molecule has 0 fully saturated rings. The third kappa shape index (κ3) is 4.28. The molecule has 0 atom stereocenters. The predicted octanol–water partition coefficient (Wildman–Crippen LogP) is 5.05. The molecule has 4 nitrogen and oxygen atoms in total. The van der Waals surface area contributed by atoms with Crippen molar-refractivity contribution in [1.82, 2.24) is 4.98 Å². The lowest BCUT2D eigenvalue weighted by Crippen LogP contribution is -2.14. The first kappa shape index (κ1) is 16.5. The van der Waals surface area contributed by atoms with E-state index in [0.29, 0.717) is 11.4 Å². The summed E-state index contributed by atoms with van der Waals surface area (Å²) in [6, 6.07) is 7.25. The van der Waals surface area contributed by atoms with Gasteiger partial charge in [-0.15, -0.1) is 0 Å². The zero-order valence-electron chi connectivity index (χ0n) is 11.1. The van der Waals surface area contributed by atoms with Gasteiger partial charge >= 0.3 is 0 Å². The smallest absolute Gasteiger partial charge is 0.274 e. The van der Waals surface area contributed by atoms with Crippen LogP contribution in [0.5, 0.6) is 0 Å². The highest BCUT2D eigenvalue weighted by molar-refractivity contribution is 9.11. The Bertz CT molecular complexity index is 636. The Hall–Kier alpha value is -0.920. The number of aromatic nitrogens is 1. The molecule has 21 heavy (non-hydrogen) atoms. The molecule has 2 aromatic rings. The van der Waals surface area contributed by atoms with Crippen molar-refractivity contribution in [2.45, 2.75) is 6.92 Å². The minimum Gasteiger partial charge on any atom is -0.384 e. The number of hydrogen-bond donors (Lipinski definition) is 2. The van der Waals surface area contributed by atoms with E-state index in [0.717, 1.165) is 25.7 Å². The van der Waals surface area contributed by atoms with Crippen LogP contribution in [0.1, 0.15) is 17.4 Å². The summed E-state index contributed by atoms with van der Waals surface area (Å²) in [5, 5.41) is 5.97. The molecule has 0 saturated carbocycles. The Kier molecular flexibility index (Phi) is 5.78. The lowest BCUT2D eigenvalue weighted by atomic mass is 10.3. The van der Waals surface area contributed by atoms with E-state index in [1.54, 1.807) is 12.3 Å². The lowest BCUT2D eigenvalue weighted by Gasteiger charge is -2.10. The van der Waals surface area contributed by atoms with Gasteiger partial charge in [-0.05, 0) is 63.0 Å². The first-order chi connectivity index (χ1) is 10.0. The number of hydrogen-bond acceptors (Lipinski definition) is 3. The molecule has 0 radical (unpaired) electrons. The monoisotopic (exact) mass is 475 g/mol. The van der Waals surface area contributed by atoms with Crippen molar-refractivity contribution in [3.63, 3.8) is 0 Å². The van der Waals surface area contributed by atoms with Crippen molar-refractivity contribution in [1.29, 1.82) is 0 Å². The molecule has 1 amide bonds. The molecule has 2 rings (SSSR count). The van der Waals surface area contributed by atoms with E-state index >= 15 is 0 Å². The Morgan fingerprint density at radius 1 is 1.19 bits per heavy atom. The summed E-state index contributed by atoms with van der Waals surface area (Å²) in [7, 11) is 0. The van der Waals surface area contributed by atoms with E-state index in [-0.39, 0.29) is 5.91 Å². The second kappa shape index (κ2) is 7.38. The fraction of sp³-hybridized carbons (Fsp3) is 0.143. The Morgan fingerprint density at radius 2 is 1.86 bits per heavy atom. The summed E-state index contributed by atoms with van der Waals surface area (Å²) in [6.07, 6.45) is 1.64. The van der Waals surface area contributed by atoms with Crippen molar-refractivity contribution in [3.8, 4) is 0 Å². The highest BCUT2D eigenvalue weighted by Gasteiger charge is 2.13. The topological polar surface area (TPSA) is 54.0 Å². The maximum absolute atomic E-state index is 12.2. The second-order valence-corrected chi connectivity index (χ2v) is 6.79. The van der Waals surface area contributed by atoms with E-state index in [1.165, 1.54) is 0 Å². The largest absolute Gasteiger partial charge is 0.384 e. The number of nitrogens with zero attached hydrogens (tertiary/aromatic N) is 1. The SMILES string of the molecule is CCNc1ccc(C(=O)Nc2c(Br)cc(Br)cc2Br)nc1. The van der Waals surface area contributed by atoms with Gasteiger partial charge in [-0.25, -0.2) is 4.98 Å².